The number of imidazole rings is 1. The number of amides is 1. The van der Waals surface area contributed by atoms with E-state index < -0.39 is 26.6 Å². The lowest BCUT2D eigenvalue weighted by Crippen LogP contribution is -2.25. The van der Waals surface area contributed by atoms with E-state index in [4.69, 9.17) is 0 Å². The molecular formula is C18H16F2N4O3S. The minimum atomic E-state index is -4.12. The molecule has 1 aromatic heterocycles. The van der Waals surface area contributed by atoms with E-state index in [0.29, 0.717) is 11.6 Å². The van der Waals surface area contributed by atoms with Gasteiger partial charge in [-0.1, -0.05) is 24.3 Å². The molecule has 10 heteroatoms. The number of aromatic amines is 1. The van der Waals surface area contributed by atoms with Gasteiger partial charge in [0.1, 0.15) is 16.5 Å². The van der Waals surface area contributed by atoms with Crippen LogP contribution in [-0.2, 0) is 23.1 Å². The molecule has 0 atom stereocenters. The Morgan fingerprint density at radius 2 is 1.71 bits per heavy atom. The first-order chi connectivity index (χ1) is 13.3. The Balaban J connectivity index is 1.57. The molecule has 0 fully saturated rings. The van der Waals surface area contributed by atoms with Crippen LogP contribution >= 0.6 is 0 Å². The fourth-order valence-corrected chi connectivity index (χ4v) is 3.45. The van der Waals surface area contributed by atoms with Gasteiger partial charge in [0.05, 0.1) is 0 Å². The number of carbonyl (C=O) groups is 1. The third kappa shape index (κ3) is 4.78. The number of sulfonamides is 1. The molecule has 3 aromatic rings. The number of nitrogens with one attached hydrogen (secondary N) is 3. The van der Waals surface area contributed by atoms with Gasteiger partial charge in [-0.05, 0) is 23.3 Å². The van der Waals surface area contributed by atoms with E-state index >= 15 is 0 Å². The summed E-state index contributed by atoms with van der Waals surface area (Å²) >= 11 is 0. The average molecular weight is 406 g/mol. The second-order valence-electron chi connectivity index (χ2n) is 5.84. The molecule has 0 aliphatic heterocycles. The van der Waals surface area contributed by atoms with Crippen LogP contribution in [-0.4, -0.2) is 24.3 Å². The highest BCUT2D eigenvalue weighted by Crippen LogP contribution is 2.16. The molecule has 3 rings (SSSR count). The van der Waals surface area contributed by atoms with E-state index in [-0.39, 0.29) is 24.8 Å². The fraction of sp³-hybridized carbons (Fsp3) is 0.111. The molecule has 1 heterocycles. The van der Waals surface area contributed by atoms with Crippen LogP contribution in [0.2, 0.25) is 0 Å². The second kappa shape index (κ2) is 8.28. The van der Waals surface area contributed by atoms with E-state index in [1.807, 2.05) is 0 Å². The minimum Gasteiger partial charge on any atom is -0.345 e. The van der Waals surface area contributed by atoms with Gasteiger partial charge in [0.25, 0.3) is 5.91 Å². The van der Waals surface area contributed by atoms with Crippen molar-refractivity contribution in [3.63, 3.8) is 0 Å². The summed E-state index contributed by atoms with van der Waals surface area (Å²) in [5.41, 5.74) is 1.43. The Hall–Kier alpha value is -3.11. The van der Waals surface area contributed by atoms with Crippen molar-refractivity contribution in [2.24, 2.45) is 0 Å². The van der Waals surface area contributed by atoms with Crippen molar-refractivity contribution in [1.82, 2.24) is 20.0 Å². The van der Waals surface area contributed by atoms with E-state index in [9.17, 15) is 22.0 Å². The van der Waals surface area contributed by atoms with Crippen LogP contribution in [0.5, 0.6) is 0 Å². The number of aromatic nitrogens is 2. The predicted octanol–water partition coefficient (Wildman–Crippen LogP) is 2.10. The Kier molecular flexibility index (Phi) is 5.81. The highest BCUT2D eigenvalue weighted by Gasteiger charge is 2.19. The molecule has 0 radical (unpaired) electrons. The molecule has 2 aromatic carbocycles. The van der Waals surface area contributed by atoms with Crippen LogP contribution in [0.25, 0.3) is 0 Å². The van der Waals surface area contributed by atoms with Crippen molar-refractivity contribution in [3.8, 4) is 0 Å². The van der Waals surface area contributed by atoms with Crippen LogP contribution in [0.1, 0.15) is 21.7 Å². The van der Waals surface area contributed by atoms with Crippen molar-refractivity contribution < 1.29 is 22.0 Å². The molecular weight excluding hydrogens is 390 g/mol. The Bertz CT molecular complexity index is 1070. The topological polar surface area (TPSA) is 104 Å². The highest BCUT2D eigenvalue weighted by atomic mass is 32.2. The van der Waals surface area contributed by atoms with Crippen molar-refractivity contribution in [3.05, 3.63) is 83.4 Å². The van der Waals surface area contributed by atoms with Crippen molar-refractivity contribution in [2.75, 3.05) is 0 Å². The van der Waals surface area contributed by atoms with Gasteiger partial charge in [-0.2, -0.15) is 0 Å². The Morgan fingerprint density at radius 3 is 2.32 bits per heavy atom. The van der Waals surface area contributed by atoms with E-state index in [1.165, 1.54) is 6.20 Å². The number of hydrogen-bond acceptors (Lipinski definition) is 4. The van der Waals surface area contributed by atoms with Crippen molar-refractivity contribution >= 4 is 15.9 Å². The second-order valence-corrected chi connectivity index (χ2v) is 7.57. The molecule has 1 amide bonds. The summed E-state index contributed by atoms with van der Waals surface area (Å²) < 4.78 is 53.2. The number of rotatable bonds is 7. The van der Waals surface area contributed by atoms with Crippen LogP contribution in [0.4, 0.5) is 8.78 Å². The first kappa shape index (κ1) is 19.6. The third-order valence-electron chi connectivity index (χ3n) is 3.84. The maximum Gasteiger partial charge on any atom is 0.287 e. The summed E-state index contributed by atoms with van der Waals surface area (Å²) in [7, 11) is -4.12. The normalized spacial score (nSPS) is 11.4. The molecule has 0 saturated heterocycles. The summed E-state index contributed by atoms with van der Waals surface area (Å²) in [6, 6.07) is 9.08. The first-order valence-corrected chi connectivity index (χ1v) is 9.63. The zero-order valence-corrected chi connectivity index (χ0v) is 15.3. The summed E-state index contributed by atoms with van der Waals surface area (Å²) in [5.74, 6) is -2.15. The van der Waals surface area contributed by atoms with Gasteiger partial charge in [0, 0.05) is 31.5 Å². The number of nitrogens with zero attached hydrogens (tertiary/aromatic N) is 1. The molecule has 3 N–H and O–H groups in total. The van der Waals surface area contributed by atoms with Gasteiger partial charge in [-0.15, -0.1) is 0 Å². The third-order valence-corrected chi connectivity index (χ3v) is 5.27. The van der Waals surface area contributed by atoms with Gasteiger partial charge in [-0.25, -0.2) is 26.9 Å². The first-order valence-electron chi connectivity index (χ1n) is 8.15. The van der Waals surface area contributed by atoms with Gasteiger partial charge in [0.2, 0.25) is 10.0 Å². The van der Waals surface area contributed by atoms with Crippen LogP contribution in [0, 0.1) is 11.6 Å². The van der Waals surface area contributed by atoms with Crippen molar-refractivity contribution in [1.29, 1.82) is 0 Å². The van der Waals surface area contributed by atoms with Gasteiger partial charge < -0.3 is 10.3 Å². The van der Waals surface area contributed by atoms with Gasteiger partial charge in [-0.3, -0.25) is 4.79 Å². The average Bonchev–Trinajstić information content (AvgIpc) is 3.20. The SMILES string of the molecule is O=C(NCc1ccc(CNS(=O)(=O)c2ccc(F)cc2F)cc1)c1ncc[nH]1. The lowest BCUT2D eigenvalue weighted by molar-refractivity contribution is 0.0941. The number of hydrogen-bond donors (Lipinski definition) is 3. The molecule has 0 saturated carbocycles. The summed E-state index contributed by atoms with van der Waals surface area (Å²) in [6.45, 7) is 0.199. The standard InChI is InChI=1S/C18H16F2N4O3S/c19-14-5-6-16(15(20)9-14)28(26,27)24-11-13-3-1-12(2-4-13)10-23-18(25)17-21-7-8-22-17/h1-9,24H,10-11H2,(H,21,22)(H,23,25). The predicted molar refractivity (Wildman–Crippen MR) is 96.6 cm³/mol. The van der Waals surface area contributed by atoms with Crippen molar-refractivity contribution in [2.45, 2.75) is 18.0 Å². The number of carbonyl (C=O) groups excluding carboxylic acids is 1. The van der Waals surface area contributed by atoms with Crippen LogP contribution in [0.3, 0.4) is 0 Å². The van der Waals surface area contributed by atoms with E-state index in [2.05, 4.69) is 20.0 Å². The number of H-pyrrole nitrogens is 1. The lowest BCUT2D eigenvalue weighted by atomic mass is 10.1. The maximum absolute atomic E-state index is 13.7. The lowest BCUT2D eigenvalue weighted by Gasteiger charge is -2.09. The van der Waals surface area contributed by atoms with Crippen LogP contribution < -0.4 is 10.0 Å². The van der Waals surface area contributed by atoms with Gasteiger partial charge >= 0.3 is 0 Å². The zero-order chi connectivity index (χ0) is 20.1. The summed E-state index contributed by atoms with van der Waals surface area (Å²) in [4.78, 5) is 17.7. The van der Waals surface area contributed by atoms with E-state index in [1.54, 1.807) is 30.5 Å². The molecule has 146 valence electrons. The maximum atomic E-state index is 13.7. The largest absolute Gasteiger partial charge is 0.345 e. The van der Waals surface area contributed by atoms with E-state index in [0.717, 1.165) is 17.7 Å². The fourth-order valence-electron chi connectivity index (χ4n) is 2.38. The molecule has 0 bridgehead atoms. The Morgan fingerprint density at radius 1 is 1.04 bits per heavy atom. The molecule has 0 aliphatic rings. The molecule has 7 nitrogen and oxygen atoms in total. The molecule has 0 spiro atoms. The summed E-state index contributed by atoms with van der Waals surface area (Å²) in [6.07, 6.45) is 3.02. The van der Waals surface area contributed by atoms with Gasteiger partial charge in [0.15, 0.2) is 5.82 Å². The number of halogens is 2. The van der Waals surface area contributed by atoms with Crippen LogP contribution in [0.15, 0.2) is 59.8 Å². The zero-order valence-electron chi connectivity index (χ0n) is 14.4. The highest BCUT2D eigenvalue weighted by molar-refractivity contribution is 7.89. The Labute approximate surface area is 159 Å². The minimum absolute atomic E-state index is 0.0712. The smallest absolute Gasteiger partial charge is 0.287 e. The number of benzene rings is 2. The monoisotopic (exact) mass is 406 g/mol. The summed E-state index contributed by atoms with van der Waals surface area (Å²) in [5, 5.41) is 2.69. The molecule has 0 aliphatic carbocycles. The molecule has 28 heavy (non-hydrogen) atoms. The quantitative estimate of drug-likeness (QED) is 0.559. The molecule has 0 unspecified atom stereocenters.